The second kappa shape index (κ2) is 9.78. The van der Waals surface area contributed by atoms with Crippen molar-refractivity contribution in [1.82, 2.24) is 14.9 Å². The summed E-state index contributed by atoms with van der Waals surface area (Å²) in [5.41, 5.74) is 2.05. The first-order valence-electron chi connectivity index (χ1n) is 9.39. The Morgan fingerprint density at radius 3 is 2.76 bits per heavy atom. The molecule has 0 saturated heterocycles. The van der Waals surface area contributed by atoms with Crippen molar-refractivity contribution in [1.29, 1.82) is 0 Å². The molecule has 7 heteroatoms. The fourth-order valence-electron chi connectivity index (χ4n) is 3.06. The first-order chi connectivity index (χ1) is 14.0. The number of rotatable bonds is 9. The minimum Gasteiger partial charge on any atom is -0.497 e. The smallest absolute Gasteiger partial charge is 0.138 e. The van der Waals surface area contributed by atoms with Gasteiger partial charge in [0.15, 0.2) is 0 Å². The van der Waals surface area contributed by atoms with E-state index in [2.05, 4.69) is 10.3 Å². The summed E-state index contributed by atoms with van der Waals surface area (Å²) in [6.45, 7) is 2.41. The molecule has 6 nitrogen and oxygen atoms in total. The van der Waals surface area contributed by atoms with Crippen molar-refractivity contribution < 1.29 is 14.6 Å². The molecule has 1 heterocycles. The van der Waals surface area contributed by atoms with Crippen LogP contribution in [0.1, 0.15) is 23.0 Å². The van der Waals surface area contributed by atoms with Gasteiger partial charge in [-0.3, -0.25) is 0 Å². The maximum absolute atomic E-state index is 10.4. The molecule has 2 atom stereocenters. The van der Waals surface area contributed by atoms with Crippen LogP contribution in [0.5, 0.6) is 11.5 Å². The summed E-state index contributed by atoms with van der Waals surface area (Å²) in [4.78, 5) is 4.47. The Kier molecular flexibility index (Phi) is 7.14. The monoisotopic (exact) mass is 415 g/mol. The van der Waals surface area contributed by atoms with Crippen LogP contribution in [0.3, 0.4) is 0 Å². The van der Waals surface area contributed by atoms with Crippen molar-refractivity contribution in [2.24, 2.45) is 7.05 Å². The van der Waals surface area contributed by atoms with Crippen molar-refractivity contribution in [2.75, 3.05) is 20.3 Å². The van der Waals surface area contributed by atoms with Crippen LogP contribution in [0, 0.1) is 6.92 Å². The maximum atomic E-state index is 10.4. The number of imidazole rings is 1. The van der Waals surface area contributed by atoms with Gasteiger partial charge in [-0.05, 0) is 42.3 Å². The molecule has 0 saturated carbocycles. The highest BCUT2D eigenvalue weighted by atomic mass is 35.5. The quantitative estimate of drug-likeness (QED) is 0.559. The van der Waals surface area contributed by atoms with Gasteiger partial charge in [0.25, 0.3) is 0 Å². The van der Waals surface area contributed by atoms with E-state index < -0.39 is 6.10 Å². The highest BCUT2D eigenvalue weighted by Gasteiger charge is 2.20. The van der Waals surface area contributed by atoms with E-state index in [0.29, 0.717) is 17.3 Å². The molecule has 29 heavy (non-hydrogen) atoms. The van der Waals surface area contributed by atoms with Crippen molar-refractivity contribution in [3.05, 3.63) is 76.8 Å². The zero-order chi connectivity index (χ0) is 20.8. The molecule has 0 spiro atoms. The van der Waals surface area contributed by atoms with Crippen molar-refractivity contribution >= 4 is 11.6 Å². The van der Waals surface area contributed by atoms with E-state index in [4.69, 9.17) is 21.1 Å². The van der Waals surface area contributed by atoms with Crippen LogP contribution in [-0.4, -0.2) is 41.0 Å². The van der Waals surface area contributed by atoms with Gasteiger partial charge in [0, 0.05) is 26.0 Å². The number of aliphatic hydroxyl groups excluding tert-OH is 1. The number of ether oxygens (including phenoxy) is 2. The van der Waals surface area contributed by atoms with Gasteiger partial charge in [0.05, 0.1) is 18.2 Å². The third-order valence-electron chi connectivity index (χ3n) is 4.62. The Labute approximate surface area is 176 Å². The summed E-state index contributed by atoms with van der Waals surface area (Å²) in [6, 6.07) is 13.2. The minimum absolute atomic E-state index is 0.126. The number of hydrogen-bond acceptors (Lipinski definition) is 5. The summed E-state index contributed by atoms with van der Waals surface area (Å²) in [7, 11) is 3.58. The molecule has 0 bridgehead atoms. The molecule has 0 fully saturated rings. The fourth-order valence-corrected chi connectivity index (χ4v) is 3.35. The normalized spacial score (nSPS) is 13.1. The van der Waals surface area contributed by atoms with Crippen LogP contribution < -0.4 is 14.8 Å². The van der Waals surface area contributed by atoms with Crippen LogP contribution in [0.4, 0.5) is 0 Å². The lowest BCUT2D eigenvalue weighted by Crippen LogP contribution is -2.35. The predicted octanol–water partition coefficient (Wildman–Crippen LogP) is 3.51. The Balaban J connectivity index is 1.67. The second-order valence-electron chi connectivity index (χ2n) is 6.91. The number of nitrogens with zero attached hydrogens (tertiary/aromatic N) is 2. The van der Waals surface area contributed by atoms with Crippen LogP contribution in [0.2, 0.25) is 5.02 Å². The zero-order valence-corrected chi connectivity index (χ0v) is 17.6. The second-order valence-corrected chi connectivity index (χ2v) is 7.32. The topological polar surface area (TPSA) is 68.5 Å². The molecule has 0 aliphatic heterocycles. The van der Waals surface area contributed by atoms with Gasteiger partial charge in [0.1, 0.15) is 30.0 Å². The van der Waals surface area contributed by atoms with E-state index in [1.165, 1.54) is 0 Å². The van der Waals surface area contributed by atoms with E-state index in [1.807, 2.05) is 67.2 Å². The molecular weight excluding hydrogens is 390 g/mol. The van der Waals surface area contributed by atoms with Crippen LogP contribution >= 0.6 is 11.6 Å². The van der Waals surface area contributed by atoms with Gasteiger partial charge in [-0.15, -0.1) is 0 Å². The maximum Gasteiger partial charge on any atom is 0.138 e. The van der Waals surface area contributed by atoms with E-state index in [-0.39, 0.29) is 12.6 Å². The number of nitrogens with one attached hydrogen (secondary N) is 1. The summed E-state index contributed by atoms with van der Waals surface area (Å²) in [5.74, 6) is 2.17. The summed E-state index contributed by atoms with van der Waals surface area (Å²) in [5, 5.41) is 14.4. The lowest BCUT2D eigenvalue weighted by molar-refractivity contribution is 0.104. The SMILES string of the molecule is COc1cccc(C(NCC(O)COc2ccc(C)cc2Cl)c2nccn2C)c1. The molecule has 1 aromatic heterocycles. The predicted molar refractivity (Wildman–Crippen MR) is 114 cm³/mol. The number of aryl methyl sites for hydroxylation is 2. The highest BCUT2D eigenvalue weighted by Crippen LogP contribution is 2.26. The zero-order valence-electron chi connectivity index (χ0n) is 16.8. The molecular formula is C22H26ClN3O3. The molecule has 3 rings (SSSR count). The highest BCUT2D eigenvalue weighted by molar-refractivity contribution is 6.32. The third-order valence-corrected chi connectivity index (χ3v) is 4.92. The summed E-state index contributed by atoms with van der Waals surface area (Å²) < 4.78 is 13.0. The van der Waals surface area contributed by atoms with Gasteiger partial charge in [-0.1, -0.05) is 29.8 Å². The van der Waals surface area contributed by atoms with E-state index in [0.717, 1.165) is 22.7 Å². The number of methoxy groups -OCH3 is 1. The van der Waals surface area contributed by atoms with Crippen molar-refractivity contribution in [3.63, 3.8) is 0 Å². The van der Waals surface area contributed by atoms with E-state index in [1.54, 1.807) is 13.3 Å². The van der Waals surface area contributed by atoms with Gasteiger partial charge in [-0.25, -0.2) is 4.98 Å². The number of hydrogen-bond donors (Lipinski definition) is 2. The molecule has 2 N–H and O–H groups in total. The Morgan fingerprint density at radius 1 is 1.24 bits per heavy atom. The first-order valence-corrected chi connectivity index (χ1v) is 9.77. The van der Waals surface area contributed by atoms with E-state index >= 15 is 0 Å². The van der Waals surface area contributed by atoms with Gasteiger partial charge in [-0.2, -0.15) is 0 Å². The average molecular weight is 416 g/mol. The minimum atomic E-state index is -0.722. The van der Waals surface area contributed by atoms with Crippen molar-refractivity contribution in [2.45, 2.75) is 19.1 Å². The molecule has 0 radical (unpaired) electrons. The molecule has 2 aromatic carbocycles. The number of halogens is 1. The third kappa shape index (κ3) is 5.50. The van der Waals surface area contributed by atoms with Gasteiger partial charge < -0.3 is 24.5 Å². The van der Waals surface area contributed by atoms with Gasteiger partial charge >= 0.3 is 0 Å². The Hall–Kier alpha value is -2.54. The molecule has 2 unspecified atom stereocenters. The largest absolute Gasteiger partial charge is 0.497 e. The van der Waals surface area contributed by atoms with Crippen LogP contribution in [0.25, 0.3) is 0 Å². The number of benzene rings is 2. The molecule has 0 aliphatic rings. The van der Waals surface area contributed by atoms with Crippen LogP contribution in [-0.2, 0) is 7.05 Å². The van der Waals surface area contributed by atoms with Crippen LogP contribution in [0.15, 0.2) is 54.9 Å². The number of aliphatic hydroxyl groups is 1. The lowest BCUT2D eigenvalue weighted by Gasteiger charge is -2.22. The number of aromatic nitrogens is 2. The molecule has 0 aliphatic carbocycles. The van der Waals surface area contributed by atoms with Crippen molar-refractivity contribution in [3.8, 4) is 11.5 Å². The van der Waals surface area contributed by atoms with Gasteiger partial charge in [0.2, 0.25) is 0 Å². The molecule has 3 aromatic rings. The average Bonchev–Trinajstić information content (AvgIpc) is 3.13. The molecule has 0 amide bonds. The lowest BCUT2D eigenvalue weighted by atomic mass is 10.1. The fraction of sp³-hybridized carbons (Fsp3) is 0.318. The Bertz CT molecular complexity index is 945. The summed E-state index contributed by atoms with van der Waals surface area (Å²) >= 11 is 6.19. The Morgan fingerprint density at radius 2 is 2.07 bits per heavy atom. The standard InChI is InChI=1S/C22H26ClN3O3/c1-15-7-8-20(19(23)11-15)29-14-17(27)13-25-21(22-24-9-10-26(22)2)16-5-4-6-18(12-16)28-3/h4-12,17,21,25,27H,13-14H2,1-3H3. The molecule has 154 valence electrons. The first kappa shape index (κ1) is 21.2. The summed E-state index contributed by atoms with van der Waals surface area (Å²) in [6.07, 6.45) is 2.92. The van der Waals surface area contributed by atoms with E-state index in [9.17, 15) is 5.11 Å².